The van der Waals surface area contributed by atoms with Gasteiger partial charge < -0.3 is 15.4 Å². The second-order valence-electron chi connectivity index (χ2n) is 5.36. The highest BCUT2D eigenvalue weighted by molar-refractivity contribution is 6.13. The summed E-state index contributed by atoms with van der Waals surface area (Å²) in [6.45, 7) is 2.52. The Kier molecular flexibility index (Phi) is 4.80. The van der Waals surface area contributed by atoms with E-state index in [-0.39, 0.29) is 11.8 Å². The Labute approximate surface area is 129 Å². The molecular formula is C16H20N2O4. The minimum absolute atomic E-state index is 0.226. The molecule has 6 nitrogen and oxygen atoms in total. The minimum Gasteiger partial charge on any atom is -0.465 e. The Balaban J connectivity index is 2.06. The summed E-state index contributed by atoms with van der Waals surface area (Å²) in [5.74, 6) is -1.03. The zero-order valence-corrected chi connectivity index (χ0v) is 12.8. The maximum atomic E-state index is 12.4. The molecule has 0 radical (unpaired) electrons. The average Bonchev–Trinajstić information content (AvgIpc) is 3.34. The van der Waals surface area contributed by atoms with Gasteiger partial charge in [0.2, 0.25) is 11.8 Å². The van der Waals surface area contributed by atoms with Gasteiger partial charge in [-0.1, -0.05) is 13.0 Å². The van der Waals surface area contributed by atoms with Crippen LogP contribution in [-0.4, -0.2) is 31.4 Å². The number of amides is 2. The van der Waals surface area contributed by atoms with Crippen molar-refractivity contribution in [3.8, 4) is 0 Å². The Morgan fingerprint density at radius 1 is 1.23 bits per heavy atom. The van der Waals surface area contributed by atoms with Crippen LogP contribution in [0.5, 0.6) is 0 Å². The molecule has 22 heavy (non-hydrogen) atoms. The molecule has 1 aliphatic rings. The normalized spacial score (nSPS) is 14.8. The minimum atomic E-state index is -0.962. The van der Waals surface area contributed by atoms with Crippen LogP contribution in [0.15, 0.2) is 24.3 Å². The maximum absolute atomic E-state index is 12.4. The van der Waals surface area contributed by atoms with Crippen LogP contribution in [0.25, 0.3) is 0 Å². The topological polar surface area (TPSA) is 84.5 Å². The third-order valence-corrected chi connectivity index (χ3v) is 3.70. The third kappa shape index (κ3) is 3.27. The molecule has 0 unspecified atom stereocenters. The summed E-state index contributed by atoms with van der Waals surface area (Å²) >= 11 is 0. The van der Waals surface area contributed by atoms with E-state index in [2.05, 4.69) is 15.4 Å². The molecular weight excluding hydrogens is 284 g/mol. The second-order valence-corrected chi connectivity index (χ2v) is 5.36. The molecule has 1 aromatic carbocycles. The number of rotatable bonds is 6. The van der Waals surface area contributed by atoms with Crippen LogP contribution in [0.4, 0.5) is 5.69 Å². The van der Waals surface area contributed by atoms with Gasteiger partial charge in [0.1, 0.15) is 5.41 Å². The second kappa shape index (κ2) is 6.60. The van der Waals surface area contributed by atoms with Gasteiger partial charge in [-0.25, -0.2) is 4.79 Å². The summed E-state index contributed by atoms with van der Waals surface area (Å²) in [5, 5.41) is 5.48. The van der Waals surface area contributed by atoms with Gasteiger partial charge in [-0.05, 0) is 37.5 Å². The number of benzene rings is 1. The molecule has 2 rings (SSSR count). The number of nitrogens with one attached hydrogen (secondary N) is 2. The Morgan fingerprint density at radius 3 is 2.55 bits per heavy atom. The highest BCUT2D eigenvalue weighted by Gasteiger charge is 2.56. The number of esters is 1. The molecule has 1 fully saturated rings. The number of hydrogen-bond donors (Lipinski definition) is 2. The lowest BCUT2D eigenvalue weighted by Gasteiger charge is -2.15. The molecule has 0 aromatic heterocycles. The molecule has 0 bridgehead atoms. The lowest BCUT2D eigenvalue weighted by atomic mass is 10.0. The van der Waals surface area contributed by atoms with E-state index in [4.69, 9.17) is 0 Å². The Morgan fingerprint density at radius 2 is 1.95 bits per heavy atom. The van der Waals surface area contributed by atoms with Crippen LogP contribution in [0.3, 0.4) is 0 Å². The van der Waals surface area contributed by atoms with E-state index >= 15 is 0 Å². The first-order valence-corrected chi connectivity index (χ1v) is 7.31. The molecule has 0 spiro atoms. The Bertz CT molecular complexity index is 594. The number of hydrogen-bond acceptors (Lipinski definition) is 4. The summed E-state index contributed by atoms with van der Waals surface area (Å²) in [6, 6.07) is 6.45. The number of anilines is 1. The summed E-state index contributed by atoms with van der Waals surface area (Å²) in [6.07, 6.45) is 1.92. The van der Waals surface area contributed by atoms with Crippen LogP contribution >= 0.6 is 0 Å². The number of methoxy groups -OCH3 is 1. The molecule has 0 atom stereocenters. The first-order chi connectivity index (χ1) is 10.5. The van der Waals surface area contributed by atoms with Crippen molar-refractivity contribution < 1.29 is 19.1 Å². The van der Waals surface area contributed by atoms with Crippen LogP contribution in [0, 0.1) is 5.41 Å². The van der Waals surface area contributed by atoms with Crippen molar-refractivity contribution in [2.45, 2.75) is 26.2 Å². The predicted octanol–water partition coefficient (Wildman–Crippen LogP) is 1.72. The van der Waals surface area contributed by atoms with Crippen LogP contribution in [0.1, 0.15) is 36.5 Å². The van der Waals surface area contributed by atoms with Crippen molar-refractivity contribution in [3.63, 3.8) is 0 Å². The van der Waals surface area contributed by atoms with Gasteiger partial charge in [-0.2, -0.15) is 0 Å². The highest BCUT2D eigenvalue weighted by Crippen LogP contribution is 2.46. The Hall–Kier alpha value is -2.37. The van der Waals surface area contributed by atoms with E-state index in [0.717, 1.165) is 6.42 Å². The van der Waals surface area contributed by atoms with Crippen molar-refractivity contribution in [3.05, 3.63) is 29.8 Å². The van der Waals surface area contributed by atoms with Gasteiger partial charge >= 0.3 is 5.97 Å². The van der Waals surface area contributed by atoms with Gasteiger partial charge in [0.05, 0.1) is 12.7 Å². The molecule has 0 aliphatic heterocycles. The van der Waals surface area contributed by atoms with Crippen molar-refractivity contribution in [2.75, 3.05) is 19.0 Å². The van der Waals surface area contributed by atoms with Gasteiger partial charge in [-0.3, -0.25) is 9.59 Å². The van der Waals surface area contributed by atoms with E-state index in [0.29, 0.717) is 30.6 Å². The first-order valence-electron chi connectivity index (χ1n) is 7.31. The molecule has 6 heteroatoms. The maximum Gasteiger partial charge on any atom is 0.337 e. The van der Waals surface area contributed by atoms with Crippen molar-refractivity contribution in [1.29, 1.82) is 0 Å². The first kappa shape index (κ1) is 16.0. The zero-order chi connectivity index (χ0) is 16.2. The summed E-state index contributed by atoms with van der Waals surface area (Å²) in [4.78, 5) is 35.9. The van der Waals surface area contributed by atoms with E-state index in [1.165, 1.54) is 13.2 Å². The van der Waals surface area contributed by atoms with Gasteiger partial charge in [0.15, 0.2) is 0 Å². The molecule has 0 heterocycles. The van der Waals surface area contributed by atoms with Crippen LogP contribution < -0.4 is 10.6 Å². The van der Waals surface area contributed by atoms with Crippen LogP contribution in [0.2, 0.25) is 0 Å². The molecule has 1 saturated carbocycles. The molecule has 118 valence electrons. The third-order valence-electron chi connectivity index (χ3n) is 3.70. The van der Waals surface area contributed by atoms with Crippen molar-refractivity contribution in [2.24, 2.45) is 5.41 Å². The number of carbonyl (C=O) groups excluding carboxylic acids is 3. The highest BCUT2D eigenvalue weighted by atomic mass is 16.5. The van der Waals surface area contributed by atoms with Gasteiger partial charge in [-0.15, -0.1) is 0 Å². The lowest BCUT2D eigenvalue weighted by Crippen LogP contribution is -2.40. The number of ether oxygens (including phenoxy) is 1. The lowest BCUT2D eigenvalue weighted by molar-refractivity contribution is -0.134. The van der Waals surface area contributed by atoms with E-state index in [1.807, 2.05) is 6.92 Å². The fourth-order valence-electron chi connectivity index (χ4n) is 2.18. The van der Waals surface area contributed by atoms with Crippen molar-refractivity contribution >= 4 is 23.5 Å². The molecule has 1 aromatic rings. The van der Waals surface area contributed by atoms with Gasteiger partial charge in [0.25, 0.3) is 0 Å². The standard InChI is InChI=1S/C16H20N2O4/c1-3-9-17-14(20)16(7-8-16)15(21)18-12-6-4-5-11(10-12)13(19)22-2/h4-6,10H,3,7-9H2,1-2H3,(H,17,20)(H,18,21). The summed E-state index contributed by atoms with van der Waals surface area (Å²) in [5.41, 5.74) is -0.140. The quantitative estimate of drug-likeness (QED) is 0.619. The summed E-state index contributed by atoms with van der Waals surface area (Å²) < 4.78 is 4.64. The largest absolute Gasteiger partial charge is 0.465 e. The average molecular weight is 304 g/mol. The fraction of sp³-hybridized carbons (Fsp3) is 0.438. The predicted molar refractivity (Wildman–Crippen MR) is 81.4 cm³/mol. The summed E-state index contributed by atoms with van der Waals surface area (Å²) in [7, 11) is 1.30. The molecule has 0 saturated heterocycles. The van der Waals surface area contributed by atoms with Crippen LogP contribution in [-0.2, 0) is 14.3 Å². The molecule has 2 N–H and O–H groups in total. The van der Waals surface area contributed by atoms with Gasteiger partial charge in [0, 0.05) is 12.2 Å². The number of carbonyl (C=O) groups is 3. The zero-order valence-electron chi connectivity index (χ0n) is 12.8. The molecule has 2 amide bonds. The van der Waals surface area contributed by atoms with E-state index < -0.39 is 11.4 Å². The van der Waals surface area contributed by atoms with Crippen molar-refractivity contribution in [1.82, 2.24) is 5.32 Å². The van der Waals surface area contributed by atoms with E-state index in [9.17, 15) is 14.4 Å². The fourth-order valence-corrected chi connectivity index (χ4v) is 2.18. The monoisotopic (exact) mass is 304 g/mol. The SMILES string of the molecule is CCCNC(=O)C1(C(=O)Nc2cccc(C(=O)OC)c2)CC1. The smallest absolute Gasteiger partial charge is 0.337 e. The van der Waals surface area contributed by atoms with E-state index in [1.54, 1.807) is 18.2 Å². The molecule has 1 aliphatic carbocycles.